The number of nitro benzene ring substituents is 1. The Kier molecular flexibility index (Phi) is 7.40. The smallest absolute Gasteiger partial charge is 0.407 e. The lowest BCUT2D eigenvalue weighted by Crippen LogP contribution is -2.46. The number of carbonyl (C=O) groups excluding carboxylic acids is 1. The third kappa shape index (κ3) is 6.56. The predicted molar refractivity (Wildman–Crippen MR) is 143 cm³/mol. The summed E-state index contributed by atoms with van der Waals surface area (Å²) in [5, 5.41) is 16.3. The number of anilines is 1. The number of alkyl carbamates (subject to hydrolysis) is 1. The van der Waals surface area contributed by atoms with Crippen LogP contribution in [0.15, 0.2) is 65.6 Å². The van der Waals surface area contributed by atoms with E-state index in [9.17, 15) is 23.3 Å². The van der Waals surface area contributed by atoms with Crippen LogP contribution in [0.1, 0.15) is 39.2 Å². The molecule has 9 nitrogen and oxygen atoms in total. The van der Waals surface area contributed by atoms with Gasteiger partial charge in [-0.05, 0) is 68.7 Å². The number of hydrogen-bond acceptors (Lipinski definition) is 7. The van der Waals surface area contributed by atoms with E-state index < -0.39 is 32.2 Å². The Morgan fingerprint density at radius 1 is 1.05 bits per heavy atom. The van der Waals surface area contributed by atoms with Gasteiger partial charge in [-0.1, -0.05) is 30.3 Å². The first kappa shape index (κ1) is 26.4. The molecule has 196 valence electrons. The Balaban J connectivity index is 1.51. The van der Waals surface area contributed by atoms with Crippen molar-refractivity contribution < 1.29 is 22.9 Å². The van der Waals surface area contributed by atoms with Gasteiger partial charge in [0.15, 0.2) is 9.84 Å². The highest BCUT2D eigenvalue weighted by Gasteiger charge is 2.27. The summed E-state index contributed by atoms with van der Waals surface area (Å²) in [5.41, 5.74) is 0.0527. The van der Waals surface area contributed by atoms with Gasteiger partial charge < -0.3 is 15.0 Å². The Bertz CT molecular complexity index is 1420. The maximum absolute atomic E-state index is 13.3. The van der Waals surface area contributed by atoms with Crippen LogP contribution in [0.2, 0.25) is 0 Å². The number of nitro groups is 1. The number of benzene rings is 3. The second kappa shape index (κ2) is 10.4. The lowest BCUT2D eigenvalue weighted by atomic mass is 10.0. The molecular formula is C27H31N3O6S. The van der Waals surface area contributed by atoms with Crippen LogP contribution in [0.4, 0.5) is 16.2 Å². The minimum atomic E-state index is -3.83. The third-order valence-corrected chi connectivity index (χ3v) is 7.93. The highest BCUT2D eigenvalue weighted by atomic mass is 32.2. The van der Waals surface area contributed by atoms with Crippen LogP contribution >= 0.6 is 0 Å². The van der Waals surface area contributed by atoms with Crippen molar-refractivity contribution in [2.75, 3.05) is 18.0 Å². The number of piperidine rings is 1. The first-order valence-corrected chi connectivity index (χ1v) is 13.8. The van der Waals surface area contributed by atoms with E-state index in [1.54, 1.807) is 24.3 Å². The average Bonchev–Trinajstić information content (AvgIpc) is 2.82. The Morgan fingerprint density at radius 2 is 1.73 bits per heavy atom. The molecule has 0 aliphatic carbocycles. The van der Waals surface area contributed by atoms with Gasteiger partial charge in [0.2, 0.25) is 0 Å². The number of fused-ring (bicyclic) bond motifs is 1. The summed E-state index contributed by atoms with van der Waals surface area (Å²) < 4.78 is 31.9. The molecule has 0 aromatic heterocycles. The molecule has 1 heterocycles. The summed E-state index contributed by atoms with van der Waals surface area (Å²) in [5.74, 6) is -0.480. The lowest BCUT2D eigenvalue weighted by molar-refractivity contribution is -0.385. The first-order chi connectivity index (χ1) is 17.4. The van der Waals surface area contributed by atoms with Crippen molar-refractivity contribution in [1.82, 2.24) is 5.32 Å². The van der Waals surface area contributed by atoms with Gasteiger partial charge in [-0.25, -0.2) is 13.2 Å². The number of hydrogen-bond donors (Lipinski definition) is 1. The Labute approximate surface area is 216 Å². The van der Waals surface area contributed by atoms with E-state index in [4.69, 9.17) is 4.74 Å². The monoisotopic (exact) mass is 525 g/mol. The third-order valence-electron chi connectivity index (χ3n) is 6.27. The number of carbonyl (C=O) groups is 1. The molecule has 3 aromatic carbocycles. The molecule has 1 aliphatic heterocycles. The van der Waals surface area contributed by atoms with Crippen LogP contribution in [-0.4, -0.2) is 44.2 Å². The number of nitrogens with one attached hydrogen (secondary N) is 1. The lowest BCUT2D eigenvalue weighted by Gasteiger charge is -2.34. The summed E-state index contributed by atoms with van der Waals surface area (Å²) in [6.45, 7) is 6.63. The molecule has 1 aliphatic rings. The molecule has 4 rings (SSSR count). The largest absolute Gasteiger partial charge is 0.444 e. The highest BCUT2D eigenvalue weighted by molar-refractivity contribution is 7.90. The maximum Gasteiger partial charge on any atom is 0.407 e. The van der Waals surface area contributed by atoms with Crippen molar-refractivity contribution >= 4 is 38.1 Å². The molecule has 1 amide bonds. The van der Waals surface area contributed by atoms with E-state index in [1.165, 1.54) is 12.1 Å². The fourth-order valence-electron chi connectivity index (χ4n) is 4.47. The van der Waals surface area contributed by atoms with Gasteiger partial charge in [0, 0.05) is 36.4 Å². The number of ether oxygens (including phenoxy) is 1. The van der Waals surface area contributed by atoms with E-state index in [0.29, 0.717) is 31.6 Å². The summed E-state index contributed by atoms with van der Waals surface area (Å²) in [6, 6.07) is 16.9. The van der Waals surface area contributed by atoms with Crippen LogP contribution in [0, 0.1) is 10.1 Å². The molecule has 3 aromatic rings. The van der Waals surface area contributed by atoms with Crippen molar-refractivity contribution in [3.63, 3.8) is 0 Å². The number of nitrogens with zero attached hydrogens (tertiary/aromatic N) is 2. The summed E-state index contributed by atoms with van der Waals surface area (Å²) in [4.78, 5) is 25.4. The fourth-order valence-corrected chi connectivity index (χ4v) is 5.86. The van der Waals surface area contributed by atoms with Crippen LogP contribution < -0.4 is 10.2 Å². The topological polar surface area (TPSA) is 119 Å². The van der Waals surface area contributed by atoms with Gasteiger partial charge in [-0.15, -0.1) is 0 Å². The average molecular weight is 526 g/mol. The molecule has 0 radical (unpaired) electrons. The molecule has 1 fully saturated rings. The zero-order chi connectivity index (χ0) is 26.8. The molecule has 10 heteroatoms. The molecule has 0 saturated carbocycles. The molecule has 1 saturated heterocycles. The second-order valence-electron chi connectivity index (χ2n) is 10.2. The van der Waals surface area contributed by atoms with Crippen molar-refractivity contribution in [2.45, 2.75) is 55.9 Å². The predicted octanol–water partition coefficient (Wildman–Crippen LogP) is 5.22. The number of amides is 1. The first-order valence-electron chi connectivity index (χ1n) is 12.1. The molecule has 1 N–H and O–H groups in total. The summed E-state index contributed by atoms with van der Waals surface area (Å²) >= 11 is 0. The Morgan fingerprint density at radius 3 is 2.38 bits per heavy atom. The van der Waals surface area contributed by atoms with E-state index in [2.05, 4.69) is 5.32 Å². The number of sulfone groups is 1. The molecular weight excluding hydrogens is 494 g/mol. The van der Waals surface area contributed by atoms with Gasteiger partial charge >= 0.3 is 6.09 Å². The van der Waals surface area contributed by atoms with Crippen LogP contribution in [-0.2, 0) is 20.3 Å². The second-order valence-corrected chi connectivity index (χ2v) is 12.2. The van der Waals surface area contributed by atoms with Crippen molar-refractivity contribution in [2.24, 2.45) is 0 Å². The van der Waals surface area contributed by atoms with Gasteiger partial charge in [0.25, 0.3) is 5.69 Å². The minimum absolute atomic E-state index is 0.0445. The zero-order valence-corrected chi connectivity index (χ0v) is 22.0. The minimum Gasteiger partial charge on any atom is -0.444 e. The summed E-state index contributed by atoms with van der Waals surface area (Å²) in [7, 11) is -3.83. The normalized spacial score (nSPS) is 14.9. The molecule has 0 spiro atoms. The number of rotatable bonds is 6. The van der Waals surface area contributed by atoms with Gasteiger partial charge in [0.1, 0.15) is 5.60 Å². The van der Waals surface area contributed by atoms with E-state index in [-0.39, 0.29) is 22.2 Å². The standard InChI is InChI=1S/C27H31N3O6S/c1-27(2,3)36-26(31)28-22-12-14-29(15-13-22)23-9-11-25(30(32)33)21(16-23)18-37(34,35)24-10-8-19-6-4-5-7-20(19)17-24/h4-11,16-17,22H,12-15,18H2,1-3H3,(H,28,31). The maximum atomic E-state index is 13.3. The molecule has 37 heavy (non-hydrogen) atoms. The zero-order valence-electron chi connectivity index (χ0n) is 21.1. The van der Waals surface area contributed by atoms with Crippen molar-refractivity contribution in [3.05, 3.63) is 76.3 Å². The van der Waals surface area contributed by atoms with Crippen LogP contribution in [0.5, 0.6) is 0 Å². The van der Waals surface area contributed by atoms with Crippen molar-refractivity contribution in [3.8, 4) is 0 Å². The van der Waals surface area contributed by atoms with Gasteiger partial charge in [-0.3, -0.25) is 10.1 Å². The molecule has 0 unspecified atom stereocenters. The van der Waals surface area contributed by atoms with E-state index in [1.807, 2.05) is 49.9 Å². The van der Waals surface area contributed by atoms with Gasteiger partial charge in [0.05, 0.1) is 15.6 Å². The summed E-state index contributed by atoms with van der Waals surface area (Å²) in [6.07, 6.45) is 0.879. The highest BCUT2D eigenvalue weighted by Crippen LogP contribution is 2.31. The molecule has 0 atom stereocenters. The quantitative estimate of drug-likeness (QED) is 0.346. The van der Waals surface area contributed by atoms with Gasteiger partial charge in [-0.2, -0.15) is 0 Å². The Hall–Kier alpha value is -3.66. The SMILES string of the molecule is CC(C)(C)OC(=O)NC1CCN(c2ccc([N+](=O)[O-])c(CS(=O)(=O)c3ccc4ccccc4c3)c2)CC1. The van der Waals surface area contributed by atoms with Crippen LogP contribution in [0.3, 0.4) is 0 Å². The van der Waals surface area contributed by atoms with E-state index in [0.717, 1.165) is 10.8 Å². The van der Waals surface area contributed by atoms with E-state index >= 15 is 0 Å². The van der Waals surface area contributed by atoms with Crippen LogP contribution in [0.25, 0.3) is 10.8 Å². The van der Waals surface area contributed by atoms with Crippen molar-refractivity contribution in [1.29, 1.82) is 0 Å². The fraction of sp³-hybridized carbons (Fsp3) is 0.370. The molecule has 0 bridgehead atoms.